The monoisotopic (exact) mass is 452 g/mol. The quantitative estimate of drug-likeness (QED) is 0.107. The summed E-state index contributed by atoms with van der Waals surface area (Å²) in [6.45, 7) is 13.8. The fourth-order valence-corrected chi connectivity index (χ4v) is 1.94. The standard InChI is InChI=1S/C21H40O10/c1-3-21(22)31-20-19-30-18-17-29-16-15-28-14-13-27-12-11-26-10-9-25-8-7-24-6-5-23-4-2/h3H,1,4-20H2,2H3. The van der Waals surface area contributed by atoms with Gasteiger partial charge in [0.05, 0.1) is 99.1 Å². The number of esters is 1. The summed E-state index contributed by atoms with van der Waals surface area (Å²) in [6, 6.07) is 0. The van der Waals surface area contributed by atoms with E-state index < -0.39 is 5.97 Å². The van der Waals surface area contributed by atoms with Gasteiger partial charge in [-0.2, -0.15) is 0 Å². The SMILES string of the molecule is C=CC(=O)OCCOCCOCCOCCOCCOCCOCCOCCOCC. The zero-order chi connectivity index (χ0) is 22.7. The van der Waals surface area contributed by atoms with E-state index in [4.69, 9.17) is 42.6 Å². The fraction of sp³-hybridized carbons (Fsp3) is 0.857. The first-order valence-corrected chi connectivity index (χ1v) is 10.7. The number of carbonyl (C=O) groups excluding carboxylic acids is 1. The number of hydrogen-bond acceptors (Lipinski definition) is 10. The summed E-state index contributed by atoms with van der Waals surface area (Å²) in [4.78, 5) is 10.8. The lowest BCUT2D eigenvalue weighted by molar-refractivity contribution is -0.139. The lowest BCUT2D eigenvalue weighted by Crippen LogP contribution is -2.15. The molecular formula is C21H40O10. The minimum Gasteiger partial charge on any atom is -0.460 e. The van der Waals surface area contributed by atoms with Gasteiger partial charge in [-0.25, -0.2) is 4.79 Å². The van der Waals surface area contributed by atoms with Crippen LogP contribution in [0.5, 0.6) is 0 Å². The van der Waals surface area contributed by atoms with Gasteiger partial charge in [0.15, 0.2) is 0 Å². The van der Waals surface area contributed by atoms with E-state index in [1.54, 1.807) is 0 Å². The van der Waals surface area contributed by atoms with Crippen LogP contribution >= 0.6 is 0 Å². The average Bonchev–Trinajstić information content (AvgIpc) is 2.78. The van der Waals surface area contributed by atoms with Crippen molar-refractivity contribution >= 4 is 5.97 Å². The topological polar surface area (TPSA) is 100 Å². The third kappa shape index (κ3) is 26.9. The first kappa shape index (κ1) is 29.9. The highest BCUT2D eigenvalue weighted by Gasteiger charge is 1.96. The zero-order valence-electron chi connectivity index (χ0n) is 18.9. The van der Waals surface area contributed by atoms with E-state index in [-0.39, 0.29) is 6.61 Å². The minimum atomic E-state index is -0.454. The van der Waals surface area contributed by atoms with E-state index in [9.17, 15) is 4.79 Å². The molecule has 0 unspecified atom stereocenters. The molecule has 184 valence electrons. The number of hydrogen-bond donors (Lipinski definition) is 0. The Balaban J connectivity index is 3.02. The molecule has 0 aliphatic rings. The maximum Gasteiger partial charge on any atom is 0.330 e. The predicted octanol–water partition coefficient (Wildman–Crippen LogP) is 0.868. The summed E-state index contributed by atoms with van der Waals surface area (Å²) in [5.41, 5.74) is 0. The summed E-state index contributed by atoms with van der Waals surface area (Å²) in [5, 5.41) is 0. The molecule has 0 saturated heterocycles. The van der Waals surface area contributed by atoms with Crippen LogP contribution in [0.2, 0.25) is 0 Å². The molecule has 10 nitrogen and oxygen atoms in total. The van der Waals surface area contributed by atoms with E-state index in [0.717, 1.165) is 6.08 Å². The van der Waals surface area contributed by atoms with Crippen LogP contribution in [0.25, 0.3) is 0 Å². The van der Waals surface area contributed by atoms with Crippen molar-refractivity contribution in [2.24, 2.45) is 0 Å². The van der Waals surface area contributed by atoms with Crippen LogP contribution in [0.3, 0.4) is 0 Å². The Morgan fingerprint density at radius 3 is 1.03 bits per heavy atom. The Morgan fingerprint density at radius 2 is 0.774 bits per heavy atom. The molecule has 0 rings (SSSR count). The van der Waals surface area contributed by atoms with Gasteiger partial charge in [0.1, 0.15) is 6.61 Å². The van der Waals surface area contributed by atoms with Crippen molar-refractivity contribution in [2.75, 3.05) is 112 Å². The molecule has 0 aliphatic carbocycles. The fourth-order valence-electron chi connectivity index (χ4n) is 1.94. The molecular weight excluding hydrogens is 412 g/mol. The highest BCUT2D eigenvalue weighted by Crippen LogP contribution is 1.86. The van der Waals surface area contributed by atoms with Crippen molar-refractivity contribution < 1.29 is 47.4 Å². The number of ether oxygens (including phenoxy) is 9. The molecule has 31 heavy (non-hydrogen) atoms. The van der Waals surface area contributed by atoms with Crippen LogP contribution in [-0.4, -0.2) is 118 Å². The van der Waals surface area contributed by atoms with Crippen molar-refractivity contribution in [1.29, 1.82) is 0 Å². The molecule has 0 aromatic heterocycles. The van der Waals surface area contributed by atoms with Gasteiger partial charge < -0.3 is 42.6 Å². The number of carbonyl (C=O) groups is 1. The van der Waals surface area contributed by atoms with Gasteiger partial charge in [0.2, 0.25) is 0 Å². The van der Waals surface area contributed by atoms with Gasteiger partial charge in [0.25, 0.3) is 0 Å². The molecule has 0 aromatic rings. The van der Waals surface area contributed by atoms with Crippen LogP contribution in [0.4, 0.5) is 0 Å². The van der Waals surface area contributed by atoms with Crippen LogP contribution in [0, 0.1) is 0 Å². The molecule has 0 spiro atoms. The summed E-state index contributed by atoms with van der Waals surface area (Å²) < 4.78 is 47.4. The van der Waals surface area contributed by atoms with Crippen LogP contribution < -0.4 is 0 Å². The molecule has 0 N–H and O–H groups in total. The Bertz CT molecular complexity index is 381. The molecule has 0 aromatic carbocycles. The third-order valence-electron chi connectivity index (χ3n) is 3.45. The van der Waals surface area contributed by atoms with Crippen molar-refractivity contribution in [3.05, 3.63) is 12.7 Å². The highest BCUT2D eigenvalue weighted by molar-refractivity contribution is 5.81. The lowest BCUT2D eigenvalue weighted by atomic mass is 10.6. The van der Waals surface area contributed by atoms with E-state index >= 15 is 0 Å². The maximum absolute atomic E-state index is 10.8. The summed E-state index contributed by atoms with van der Waals surface area (Å²) in [6.07, 6.45) is 1.12. The second-order valence-electron chi connectivity index (χ2n) is 5.86. The Labute approximate surface area is 186 Å². The molecule has 0 heterocycles. The molecule has 0 atom stereocenters. The zero-order valence-corrected chi connectivity index (χ0v) is 18.9. The third-order valence-corrected chi connectivity index (χ3v) is 3.45. The maximum atomic E-state index is 10.8. The van der Waals surface area contributed by atoms with E-state index in [1.807, 2.05) is 6.92 Å². The summed E-state index contributed by atoms with van der Waals surface area (Å²) in [7, 11) is 0. The second kappa shape index (κ2) is 26.9. The van der Waals surface area contributed by atoms with E-state index in [1.165, 1.54) is 0 Å². The Hall–Kier alpha value is -1.11. The van der Waals surface area contributed by atoms with Crippen molar-refractivity contribution in [3.63, 3.8) is 0 Å². The molecule has 0 amide bonds. The van der Waals surface area contributed by atoms with E-state index in [2.05, 4.69) is 6.58 Å². The first-order chi connectivity index (χ1) is 15.3. The lowest BCUT2D eigenvalue weighted by Gasteiger charge is -2.08. The van der Waals surface area contributed by atoms with Gasteiger partial charge >= 0.3 is 5.97 Å². The van der Waals surface area contributed by atoms with Crippen LogP contribution in [0.1, 0.15) is 6.92 Å². The molecule has 10 heteroatoms. The van der Waals surface area contributed by atoms with Crippen molar-refractivity contribution in [2.45, 2.75) is 6.92 Å². The Kier molecular flexibility index (Phi) is 26.0. The Morgan fingerprint density at radius 1 is 0.516 bits per heavy atom. The summed E-state index contributed by atoms with van der Waals surface area (Å²) in [5.74, 6) is -0.454. The first-order valence-electron chi connectivity index (χ1n) is 10.7. The van der Waals surface area contributed by atoms with Gasteiger partial charge in [-0.05, 0) is 6.92 Å². The molecule has 0 bridgehead atoms. The van der Waals surface area contributed by atoms with Gasteiger partial charge in [-0.1, -0.05) is 6.58 Å². The highest BCUT2D eigenvalue weighted by atomic mass is 16.6. The van der Waals surface area contributed by atoms with Gasteiger partial charge in [0, 0.05) is 12.7 Å². The molecule has 0 aliphatic heterocycles. The van der Waals surface area contributed by atoms with Crippen LogP contribution in [-0.2, 0) is 47.4 Å². The van der Waals surface area contributed by atoms with Crippen molar-refractivity contribution in [1.82, 2.24) is 0 Å². The largest absolute Gasteiger partial charge is 0.460 e. The smallest absolute Gasteiger partial charge is 0.330 e. The predicted molar refractivity (Wildman–Crippen MR) is 113 cm³/mol. The van der Waals surface area contributed by atoms with E-state index in [0.29, 0.717) is 106 Å². The van der Waals surface area contributed by atoms with Crippen LogP contribution in [0.15, 0.2) is 12.7 Å². The van der Waals surface area contributed by atoms with Crippen molar-refractivity contribution in [3.8, 4) is 0 Å². The number of rotatable bonds is 26. The average molecular weight is 453 g/mol. The van der Waals surface area contributed by atoms with Gasteiger partial charge in [-0.3, -0.25) is 0 Å². The van der Waals surface area contributed by atoms with Gasteiger partial charge in [-0.15, -0.1) is 0 Å². The second-order valence-corrected chi connectivity index (χ2v) is 5.86. The summed E-state index contributed by atoms with van der Waals surface area (Å²) >= 11 is 0. The minimum absolute atomic E-state index is 0.206. The molecule has 0 radical (unpaired) electrons. The normalized spacial score (nSPS) is 11.0. The molecule has 0 saturated carbocycles. The molecule has 0 fully saturated rings.